The number of hydrogen-bond donors (Lipinski definition) is 5. The largest absolute Gasteiger partial charge is 0.481 e. The third-order valence-electron chi connectivity index (χ3n) is 5.79. The lowest BCUT2D eigenvalue weighted by molar-refractivity contribution is -0.145. The van der Waals surface area contributed by atoms with Gasteiger partial charge in [0.05, 0.1) is 12.5 Å². The average molecular weight is 491 g/mol. The molecule has 2 rings (SSSR count). The minimum atomic E-state index is -1.50. The van der Waals surface area contributed by atoms with Gasteiger partial charge < -0.3 is 31.5 Å². The van der Waals surface area contributed by atoms with Gasteiger partial charge in [-0.1, -0.05) is 44.2 Å². The van der Waals surface area contributed by atoms with E-state index >= 15 is 0 Å². The predicted octanol–water partition coefficient (Wildman–Crippen LogP) is 0.122. The number of amides is 3. The molecule has 0 radical (unpaired) electrons. The molecule has 4 atom stereocenters. The van der Waals surface area contributed by atoms with Gasteiger partial charge in [-0.05, 0) is 37.2 Å². The zero-order valence-electron chi connectivity index (χ0n) is 20.0. The monoisotopic (exact) mass is 490 g/mol. The van der Waals surface area contributed by atoms with Gasteiger partial charge in [-0.3, -0.25) is 19.2 Å². The van der Waals surface area contributed by atoms with Crippen LogP contribution in [0.5, 0.6) is 0 Å². The van der Waals surface area contributed by atoms with Crippen molar-refractivity contribution in [2.24, 2.45) is 11.7 Å². The number of benzene rings is 1. The van der Waals surface area contributed by atoms with E-state index in [4.69, 9.17) is 5.73 Å². The molecule has 1 fully saturated rings. The molecule has 1 aliphatic heterocycles. The molecule has 4 unspecified atom stereocenters. The number of carbonyl (C=O) groups excluding carboxylic acids is 3. The van der Waals surface area contributed by atoms with Crippen LogP contribution in [0.15, 0.2) is 30.3 Å². The molecule has 1 aromatic rings. The van der Waals surface area contributed by atoms with Crippen molar-refractivity contribution in [3.05, 3.63) is 35.9 Å². The van der Waals surface area contributed by atoms with E-state index in [1.165, 1.54) is 4.90 Å². The standard InChI is InChI=1S/C24H34N4O7/c1-14(2)11-18(24(34)35)27-21(31)17(13-20(29)30)26-22(32)19-9-6-10-28(19)23(33)16(25)12-15-7-4-3-5-8-15/h3-5,7-8,14,16-19H,6,9-13,25H2,1-2H3,(H,26,32)(H,27,31)(H,29,30)(H,34,35). The van der Waals surface area contributed by atoms with Crippen molar-refractivity contribution in [3.8, 4) is 0 Å². The molecule has 11 heteroatoms. The van der Waals surface area contributed by atoms with E-state index in [9.17, 15) is 34.2 Å². The molecule has 1 aliphatic rings. The molecule has 0 spiro atoms. The SMILES string of the molecule is CC(C)CC(NC(=O)C(CC(=O)O)NC(=O)C1CCCN1C(=O)C(N)Cc1ccccc1)C(=O)O. The Kier molecular flexibility index (Phi) is 10.2. The summed E-state index contributed by atoms with van der Waals surface area (Å²) in [5.41, 5.74) is 6.99. The van der Waals surface area contributed by atoms with Gasteiger partial charge in [0.1, 0.15) is 18.1 Å². The fourth-order valence-electron chi connectivity index (χ4n) is 4.09. The van der Waals surface area contributed by atoms with Gasteiger partial charge in [0.15, 0.2) is 0 Å². The Morgan fingerprint density at radius 3 is 2.29 bits per heavy atom. The van der Waals surface area contributed by atoms with Crippen LogP contribution in [0.3, 0.4) is 0 Å². The minimum Gasteiger partial charge on any atom is -0.481 e. The van der Waals surface area contributed by atoms with E-state index in [0.29, 0.717) is 25.8 Å². The van der Waals surface area contributed by atoms with E-state index in [1.54, 1.807) is 13.8 Å². The van der Waals surface area contributed by atoms with Crippen LogP contribution in [0.4, 0.5) is 0 Å². The van der Waals surface area contributed by atoms with E-state index in [2.05, 4.69) is 10.6 Å². The normalized spacial score (nSPS) is 17.9. The average Bonchev–Trinajstić information content (AvgIpc) is 3.27. The highest BCUT2D eigenvalue weighted by atomic mass is 16.4. The maximum atomic E-state index is 13.0. The quantitative estimate of drug-likeness (QED) is 0.274. The molecule has 3 amide bonds. The van der Waals surface area contributed by atoms with Crippen LogP contribution < -0.4 is 16.4 Å². The predicted molar refractivity (Wildman–Crippen MR) is 126 cm³/mol. The van der Waals surface area contributed by atoms with E-state index < -0.39 is 60.2 Å². The van der Waals surface area contributed by atoms with E-state index in [0.717, 1.165) is 5.56 Å². The number of carboxylic acids is 2. The Labute approximate surface area is 204 Å². The topological polar surface area (TPSA) is 179 Å². The smallest absolute Gasteiger partial charge is 0.326 e. The van der Waals surface area contributed by atoms with Crippen molar-refractivity contribution in [1.82, 2.24) is 15.5 Å². The number of hydrogen-bond acceptors (Lipinski definition) is 6. The number of nitrogens with two attached hydrogens (primary N) is 1. The molecule has 0 aromatic heterocycles. The first kappa shape index (κ1) is 27.8. The molecule has 1 aromatic carbocycles. The van der Waals surface area contributed by atoms with Crippen molar-refractivity contribution in [2.45, 2.75) is 70.1 Å². The number of likely N-dealkylation sites (tertiary alicyclic amines) is 1. The molecule has 192 valence electrons. The van der Waals surface area contributed by atoms with Crippen LogP contribution in [0, 0.1) is 5.92 Å². The van der Waals surface area contributed by atoms with Crippen molar-refractivity contribution < 1.29 is 34.2 Å². The van der Waals surface area contributed by atoms with Crippen LogP contribution in [0.2, 0.25) is 0 Å². The molecule has 35 heavy (non-hydrogen) atoms. The Morgan fingerprint density at radius 2 is 1.71 bits per heavy atom. The Bertz CT molecular complexity index is 922. The summed E-state index contributed by atoms with van der Waals surface area (Å²) in [5.74, 6) is -4.64. The molecule has 0 aliphatic carbocycles. The van der Waals surface area contributed by atoms with Crippen LogP contribution in [-0.2, 0) is 30.4 Å². The summed E-state index contributed by atoms with van der Waals surface area (Å²) in [6.07, 6.45) is 0.578. The molecular weight excluding hydrogens is 456 g/mol. The zero-order valence-corrected chi connectivity index (χ0v) is 20.0. The Morgan fingerprint density at radius 1 is 1.06 bits per heavy atom. The summed E-state index contributed by atoms with van der Waals surface area (Å²) in [7, 11) is 0. The van der Waals surface area contributed by atoms with Crippen LogP contribution in [0.25, 0.3) is 0 Å². The first-order chi connectivity index (χ1) is 16.5. The first-order valence-corrected chi connectivity index (χ1v) is 11.6. The molecule has 0 bridgehead atoms. The van der Waals surface area contributed by atoms with Gasteiger partial charge in [0, 0.05) is 6.54 Å². The second-order valence-electron chi connectivity index (χ2n) is 9.17. The molecule has 1 saturated heterocycles. The number of nitrogens with one attached hydrogen (secondary N) is 2. The molecule has 6 N–H and O–H groups in total. The van der Waals surface area contributed by atoms with Crippen molar-refractivity contribution in [3.63, 3.8) is 0 Å². The summed E-state index contributed by atoms with van der Waals surface area (Å²) in [4.78, 5) is 62.8. The van der Waals surface area contributed by atoms with Gasteiger partial charge >= 0.3 is 11.9 Å². The maximum Gasteiger partial charge on any atom is 0.326 e. The van der Waals surface area contributed by atoms with Crippen LogP contribution >= 0.6 is 0 Å². The van der Waals surface area contributed by atoms with Gasteiger partial charge in [-0.2, -0.15) is 0 Å². The Hall–Kier alpha value is -3.47. The highest BCUT2D eigenvalue weighted by Gasteiger charge is 2.38. The highest BCUT2D eigenvalue weighted by molar-refractivity contribution is 5.95. The summed E-state index contributed by atoms with van der Waals surface area (Å²) in [6.45, 7) is 3.88. The number of rotatable bonds is 12. The lowest BCUT2D eigenvalue weighted by Gasteiger charge is -2.28. The third-order valence-corrected chi connectivity index (χ3v) is 5.79. The van der Waals surface area contributed by atoms with Gasteiger partial charge in [0.25, 0.3) is 0 Å². The fourth-order valence-corrected chi connectivity index (χ4v) is 4.09. The zero-order chi connectivity index (χ0) is 26.1. The molecular formula is C24H34N4O7. The van der Waals surface area contributed by atoms with Crippen molar-refractivity contribution >= 4 is 29.7 Å². The van der Waals surface area contributed by atoms with Gasteiger partial charge in [-0.15, -0.1) is 0 Å². The number of nitrogens with zero attached hydrogens (tertiary/aromatic N) is 1. The first-order valence-electron chi connectivity index (χ1n) is 11.6. The maximum absolute atomic E-state index is 13.0. The van der Waals surface area contributed by atoms with Crippen LogP contribution in [-0.4, -0.2) is 75.5 Å². The van der Waals surface area contributed by atoms with Crippen LogP contribution in [0.1, 0.15) is 45.1 Å². The number of aliphatic carboxylic acids is 2. The number of carboxylic acid groups (broad SMARTS) is 2. The van der Waals surface area contributed by atoms with Crippen molar-refractivity contribution in [2.75, 3.05) is 6.54 Å². The molecule has 1 heterocycles. The van der Waals surface area contributed by atoms with Gasteiger partial charge in [0.2, 0.25) is 17.7 Å². The highest BCUT2D eigenvalue weighted by Crippen LogP contribution is 2.19. The summed E-state index contributed by atoms with van der Waals surface area (Å²) in [5, 5.41) is 23.3. The van der Waals surface area contributed by atoms with Gasteiger partial charge in [-0.25, -0.2) is 4.79 Å². The second kappa shape index (κ2) is 12.8. The minimum absolute atomic E-state index is 0.0398. The van der Waals surface area contributed by atoms with E-state index in [-0.39, 0.29) is 12.3 Å². The Balaban J connectivity index is 2.08. The second-order valence-corrected chi connectivity index (χ2v) is 9.17. The lowest BCUT2D eigenvalue weighted by Crippen LogP contribution is -2.57. The molecule has 0 saturated carbocycles. The van der Waals surface area contributed by atoms with E-state index in [1.807, 2.05) is 30.3 Å². The number of carbonyl (C=O) groups is 5. The summed E-state index contributed by atoms with van der Waals surface area (Å²) < 4.78 is 0. The lowest BCUT2D eigenvalue weighted by atomic mass is 10.0. The van der Waals surface area contributed by atoms with Crippen molar-refractivity contribution in [1.29, 1.82) is 0 Å². The fraction of sp³-hybridized carbons (Fsp3) is 0.542. The molecule has 11 nitrogen and oxygen atoms in total. The third kappa shape index (κ3) is 8.36. The summed E-state index contributed by atoms with van der Waals surface area (Å²) >= 11 is 0. The summed E-state index contributed by atoms with van der Waals surface area (Å²) in [6, 6.07) is 4.73.